The van der Waals surface area contributed by atoms with Crippen molar-refractivity contribution >= 4 is 28.5 Å². The smallest absolute Gasteiger partial charge is 0.268 e. The van der Waals surface area contributed by atoms with E-state index >= 15 is 0 Å². The van der Waals surface area contributed by atoms with E-state index in [1.807, 2.05) is 13.0 Å². The van der Waals surface area contributed by atoms with Gasteiger partial charge in [0.1, 0.15) is 16.6 Å². The molecule has 0 aliphatic rings. The van der Waals surface area contributed by atoms with Gasteiger partial charge in [0.05, 0.1) is 20.3 Å². The molecule has 0 fully saturated rings. The fourth-order valence-corrected chi connectivity index (χ4v) is 2.80. The number of nitrogens with zero attached hydrogens (tertiary/aromatic N) is 3. The van der Waals surface area contributed by atoms with E-state index in [1.165, 1.54) is 24.5 Å². The second-order valence-electron chi connectivity index (χ2n) is 5.55. The van der Waals surface area contributed by atoms with Gasteiger partial charge in [-0.05, 0) is 30.2 Å². The summed E-state index contributed by atoms with van der Waals surface area (Å²) >= 11 is 1.27. The minimum absolute atomic E-state index is 0.0440. The Labute approximate surface area is 172 Å². The van der Waals surface area contributed by atoms with Crippen LogP contribution in [0.25, 0.3) is 6.08 Å². The molecule has 10 heteroatoms. The molecular weight excluding hydrogens is 396 g/mol. The first kappa shape index (κ1) is 22.3. The molecule has 2 aromatic rings. The molecule has 1 N–H and O–H groups in total. The molecule has 0 saturated carbocycles. The van der Waals surface area contributed by atoms with Crippen molar-refractivity contribution in [1.82, 2.24) is 10.2 Å². The van der Waals surface area contributed by atoms with Gasteiger partial charge in [-0.1, -0.05) is 24.3 Å². The van der Waals surface area contributed by atoms with Gasteiger partial charge in [0, 0.05) is 7.11 Å². The Morgan fingerprint density at radius 1 is 1.28 bits per heavy atom. The van der Waals surface area contributed by atoms with Crippen molar-refractivity contribution in [3.8, 4) is 17.6 Å². The van der Waals surface area contributed by atoms with Crippen LogP contribution in [0.4, 0.5) is 5.13 Å². The van der Waals surface area contributed by atoms with Crippen LogP contribution in [-0.4, -0.2) is 50.3 Å². The lowest BCUT2D eigenvalue weighted by Crippen LogP contribution is -2.13. The maximum atomic E-state index is 12.3. The summed E-state index contributed by atoms with van der Waals surface area (Å²) in [5.74, 6) is 0.367. The number of aryl methyl sites for hydroxylation is 1. The van der Waals surface area contributed by atoms with Crippen LogP contribution in [0.2, 0.25) is 0 Å². The van der Waals surface area contributed by atoms with Crippen LogP contribution >= 0.6 is 11.3 Å². The molecule has 0 aliphatic heterocycles. The number of rotatable bonds is 11. The highest BCUT2D eigenvalue weighted by molar-refractivity contribution is 7.15. The third kappa shape index (κ3) is 6.83. The van der Waals surface area contributed by atoms with Gasteiger partial charge in [-0.2, -0.15) is 5.26 Å². The fourth-order valence-electron chi connectivity index (χ4n) is 2.13. The average molecular weight is 418 g/mol. The van der Waals surface area contributed by atoms with Gasteiger partial charge in [-0.15, -0.1) is 10.2 Å². The zero-order valence-electron chi connectivity index (χ0n) is 16.4. The predicted octanol–water partition coefficient (Wildman–Crippen LogP) is 2.65. The van der Waals surface area contributed by atoms with Crippen LogP contribution in [0.15, 0.2) is 23.8 Å². The highest BCUT2D eigenvalue weighted by atomic mass is 32.1. The zero-order valence-corrected chi connectivity index (χ0v) is 17.2. The van der Waals surface area contributed by atoms with Crippen LogP contribution < -0.4 is 14.8 Å². The van der Waals surface area contributed by atoms with Crippen molar-refractivity contribution in [1.29, 1.82) is 5.26 Å². The van der Waals surface area contributed by atoms with Gasteiger partial charge in [0.15, 0.2) is 18.3 Å². The minimum atomic E-state index is -0.558. The number of hydrogen-bond acceptors (Lipinski definition) is 9. The lowest BCUT2D eigenvalue weighted by atomic mass is 10.1. The van der Waals surface area contributed by atoms with E-state index in [9.17, 15) is 10.1 Å². The van der Waals surface area contributed by atoms with Gasteiger partial charge in [-0.25, -0.2) is 0 Å². The van der Waals surface area contributed by atoms with E-state index in [0.29, 0.717) is 35.4 Å². The molecule has 9 nitrogen and oxygen atoms in total. The molecule has 1 heterocycles. The normalized spacial score (nSPS) is 11.0. The largest absolute Gasteiger partial charge is 0.493 e. The average Bonchev–Trinajstić information content (AvgIpc) is 3.19. The molecule has 0 saturated heterocycles. The van der Waals surface area contributed by atoms with Crippen molar-refractivity contribution in [3.05, 3.63) is 34.3 Å². The molecule has 0 atom stereocenters. The van der Waals surface area contributed by atoms with Gasteiger partial charge >= 0.3 is 0 Å². The van der Waals surface area contributed by atoms with E-state index in [0.717, 1.165) is 11.4 Å². The second kappa shape index (κ2) is 11.8. The number of hydrogen-bond donors (Lipinski definition) is 1. The minimum Gasteiger partial charge on any atom is -0.493 e. The van der Waals surface area contributed by atoms with Gasteiger partial charge in [-0.3, -0.25) is 10.1 Å². The van der Waals surface area contributed by atoms with Crippen molar-refractivity contribution in [2.75, 3.05) is 39.5 Å². The number of amides is 1. The zero-order chi connectivity index (χ0) is 21.1. The first-order chi connectivity index (χ1) is 14.1. The van der Waals surface area contributed by atoms with E-state index in [1.54, 1.807) is 25.3 Å². The number of anilines is 1. The van der Waals surface area contributed by atoms with Crippen molar-refractivity contribution in [2.24, 2.45) is 0 Å². The van der Waals surface area contributed by atoms with Gasteiger partial charge < -0.3 is 18.9 Å². The quantitative estimate of drug-likeness (QED) is 0.256. The summed E-state index contributed by atoms with van der Waals surface area (Å²) < 4.78 is 21.0. The van der Waals surface area contributed by atoms with Crippen LogP contribution in [0.3, 0.4) is 0 Å². The third-order valence-electron chi connectivity index (χ3n) is 3.58. The first-order valence-corrected chi connectivity index (χ1v) is 9.56. The summed E-state index contributed by atoms with van der Waals surface area (Å²) in [6, 6.07) is 6.94. The van der Waals surface area contributed by atoms with Crippen molar-refractivity contribution in [3.63, 3.8) is 0 Å². The fraction of sp³-hybridized carbons (Fsp3) is 0.368. The molecule has 0 radical (unpaired) electrons. The molecule has 0 spiro atoms. The van der Waals surface area contributed by atoms with Crippen LogP contribution in [0.1, 0.15) is 17.5 Å². The molecule has 154 valence electrons. The van der Waals surface area contributed by atoms with E-state index in [2.05, 4.69) is 15.5 Å². The van der Waals surface area contributed by atoms with Crippen LogP contribution in [0.5, 0.6) is 11.5 Å². The monoisotopic (exact) mass is 418 g/mol. The number of aromatic nitrogens is 2. The standard InChI is InChI=1S/C19H22N4O5S/c1-4-17-22-23-19(29-17)21-18(24)14(11-20)9-13-5-6-15(16(10-13)26-3)28-12-27-8-7-25-2/h5-6,9-10H,4,7-8,12H2,1-3H3,(H,21,23,24)/b14-9+. The van der Waals surface area contributed by atoms with Crippen LogP contribution in [0, 0.1) is 11.3 Å². The summed E-state index contributed by atoms with van der Waals surface area (Å²) in [4.78, 5) is 12.3. The lowest BCUT2D eigenvalue weighted by molar-refractivity contribution is -0.112. The highest BCUT2D eigenvalue weighted by Gasteiger charge is 2.13. The number of nitriles is 1. The molecule has 0 aliphatic carbocycles. The van der Waals surface area contributed by atoms with E-state index in [-0.39, 0.29) is 12.4 Å². The Bertz CT molecular complexity index is 891. The molecule has 0 bridgehead atoms. The highest BCUT2D eigenvalue weighted by Crippen LogP contribution is 2.29. The number of nitrogens with one attached hydrogen (secondary N) is 1. The number of carbonyl (C=O) groups is 1. The Morgan fingerprint density at radius 2 is 2.10 bits per heavy atom. The Morgan fingerprint density at radius 3 is 2.76 bits per heavy atom. The van der Waals surface area contributed by atoms with E-state index in [4.69, 9.17) is 18.9 Å². The molecular formula is C19H22N4O5S. The third-order valence-corrected chi connectivity index (χ3v) is 4.57. The maximum absolute atomic E-state index is 12.3. The predicted molar refractivity (Wildman–Crippen MR) is 108 cm³/mol. The lowest BCUT2D eigenvalue weighted by Gasteiger charge is -2.11. The molecule has 1 amide bonds. The number of benzene rings is 1. The molecule has 1 aromatic heterocycles. The number of ether oxygens (including phenoxy) is 4. The molecule has 1 aromatic carbocycles. The molecule has 0 unspecified atom stereocenters. The summed E-state index contributed by atoms with van der Waals surface area (Å²) in [5.41, 5.74) is 0.532. The maximum Gasteiger partial charge on any atom is 0.268 e. The molecule has 2 rings (SSSR count). The summed E-state index contributed by atoms with van der Waals surface area (Å²) in [5, 5.41) is 20.9. The summed E-state index contributed by atoms with van der Waals surface area (Å²) in [6.07, 6.45) is 2.18. The van der Waals surface area contributed by atoms with Crippen molar-refractivity contribution < 1.29 is 23.7 Å². The summed E-state index contributed by atoms with van der Waals surface area (Å²) in [7, 11) is 3.09. The Balaban J connectivity index is 2.07. The number of carbonyl (C=O) groups excluding carboxylic acids is 1. The van der Waals surface area contributed by atoms with Crippen molar-refractivity contribution in [2.45, 2.75) is 13.3 Å². The van der Waals surface area contributed by atoms with Gasteiger partial charge in [0.2, 0.25) is 5.13 Å². The Hall–Kier alpha value is -3.00. The van der Waals surface area contributed by atoms with E-state index < -0.39 is 5.91 Å². The van der Waals surface area contributed by atoms with Crippen LogP contribution in [-0.2, 0) is 20.7 Å². The topological polar surface area (TPSA) is 116 Å². The second-order valence-corrected chi connectivity index (χ2v) is 6.61. The van der Waals surface area contributed by atoms with Gasteiger partial charge in [0.25, 0.3) is 5.91 Å². The SMILES string of the molecule is CCc1nnc(NC(=O)/C(C#N)=C/c2ccc(OCOCCOC)c(OC)c2)s1. The molecule has 29 heavy (non-hydrogen) atoms. The Kier molecular flexibility index (Phi) is 9.04. The summed E-state index contributed by atoms with van der Waals surface area (Å²) in [6.45, 7) is 2.87. The number of methoxy groups -OCH3 is 2. The first-order valence-electron chi connectivity index (χ1n) is 8.74.